The van der Waals surface area contributed by atoms with Gasteiger partial charge in [-0.15, -0.1) is 0 Å². The summed E-state index contributed by atoms with van der Waals surface area (Å²) in [4.78, 5) is 13.6. The molecule has 0 unspecified atom stereocenters. The molecule has 0 fully saturated rings. The summed E-state index contributed by atoms with van der Waals surface area (Å²) in [7, 11) is 0. The van der Waals surface area contributed by atoms with Crippen LogP contribution < -0.4 is 0 Å². The number of hydrogen-bond donors (Lipinski definition) is 2. The number of benzene rings is 4. The van der Waals surface area contributed by atoms with Crippen molar-refractivity contribution in [1.82, 2.24) is 4.98 Å². The third kappa shape index (κ3) is 8.94. The molecule has 2 N–H and O–H groups in total. The number of nitrogens with one attached hydrogen (secondary N) is 1. The Bertz CT molecular complexity index is 1250. The van der Waals surface area contributed by atoms with Gasteiger partial charge in [-0.1, -0.05) is 18.2 Å². The van der Waals surface area contributed by atoms with Crippen molar-refractivity contribution in [3.8, 4) is 0 Å². The van der Waals surface area contributed by atoms with E-state index in [2.05, 4.69) is 102 Å². The number of aromatic nitrogens is 1. The number of aryl methyl sites for hydroxylation is 1. The van der Waals surface area contributed by atoms with Crippen molar-refractivity contribution >= 4 is 36.6 Å². The van der Waals surface area contributed by atoms with Gasteiger partial charge in [-0.25, -0.2) is 0 Å². The van der Waals surface area contributed by atoms with Crippen LogP contribution in [0.25, 0.3) is 10.9 Å². The SMILES string of the molecule is O=C(O)CCCc1c[nH]c2ccccc12.c1ccc([CH2][Sn]([CH2]c2ccccc2)[CH2]c2ccccc2)cc1. The Labute approximate surface area is 226 Å². The van der Waals surface area contributed by atoms with Crippen LogP contribution in [0, 0.1) is 0 Å². The fourth-order valence-corrected chi connectivity index (χ4v) is 12.6. The van der Waals surface area contributed by atoms with Gasteiger partial charge in [-0.2, -0.15) is 0 Å². The van der Waals surface area contributed by atoms with E-state index in [0.717, 1.165) is 11.9 Å². The van der Waals surface area contributed by atoms with Gasteiger partial charge in [-0.05, 0) is 24.5 Å². The van der Waals surface area contributed by atoms with Crippen LogP contribution in [0.1, 0.15) is 35.1 Å². The average Bonchev–Trinajstić information content (AvgIpc) is 3.34. The Morgan fingerprint density at radius 1 is 0.649 bits per heavy atom. The minimum atomic E-state index is -1.56. The van der Waals surface area contributed by atoms with Crippen molar-refractivity contribution in [2.45, 2.75) is 32.6 Å². The Morgan fingerprint density at radius 3 is 1.59 bits per heavy atom. The summed E-state index contributed by atoms with van der Waals surface area (Å²) < 4.78 is 3.98. The van der Waals surface area contributed by atoms with E-state index in [0.29, 0.717) is 6.42 Å². The van der Waals surface area contributed by atoms with Gasteiger partial charge >= 0.3 is 147 Å². The maximum atomic E-state index is 10.4. The first-order valence-electron chi connectivity index (χ1n) is 12.9. The zero-order chi connectivity index (χ0) is 25.7. The van der Waals surface area contributed by atoms with Crippen molar-refractivity contribution in [1.29, 1.82) is 0 Å². The predicted molar refractivity (Wildman–Crippen MR) is 155 cm³/mol. The van der Waals surface area contributed by atoms with Crippen LogP contribution in [-0.4, -0.2) is 35.8 Å². The number of para-hydroxylation sites is 1. The Kier molecular flexibility index (Phi) is 10.4. The summed E-state index contributed by atoms with van der Waals surface area (Å²) >= 11 is -1.56. The van der Waals surface area contributed by atoms with Crippen molar-refractivity contribution in [2.24, 2.45) is 0 Å². The number of aliphatic carboxylic acids is 1. The topological polar surface area (TPSA) is 53.1 Å². The molecule has 0 aliphatic rings. The molecule has 0 aliphatic carbocycles. The molecule has 0 bridgehead atoms. The van der Waals surface area contributed by atoms with E-state index in [1.807, 2.05) is 24.4 Å². The van der Waals surface area contributed by atoms with Crippen molar-refractivity contribution in [3.05, 3.63) is 144 Å². The van der Waals surface area contributed by atoms with Crippen LogP contribution in [0.3, 0.4) is 0 Å². The molecule has 1 radical (unpaired) electrons. The number of hydrogen-bond acceptors (Lipinski definition) is 1. The molecule has 187 valence electrons. The molecule has 4 aromatic carbocycles. The first-order chi connectivity index (χ1) is 18.2. The monoisotopic (exact) mass is 596 g/mol. The number of carbonyl (C=O) groups is 1. The van der Waals surface area contributed by atoms with Gasteiger partial charge in [0.2, 0.25) is 0 Å². The van der Waals surface area contributed by atoms with E-state index in [9.17, 15) is 4.79 Å². The van der Waals surface area contributed by atoms with Crippen LogP contribution in [0.15, 0.2) is 121 Å². The van der Waals surface area contributed by atoms with Crippen LogP contribution in [0.4, 0.5) is 0 Å². The van der Waals surface area contributed by atoms with Gasteiger partial charge in [0.15, 0.2) is 0 Å². The first-order valence-corrected chi connectivity index (χ1v) is 18.9. The molecule has 0 spiro atoms. The molecule has 0 aliphatic heterocycles. The van der Waals surface area contributed by atoms with Crippen LogP contribution >= 0.6 is 0 Å². The number of H-pyrrole nitrogens is 1. The van der Waals surface area contributed by atoms with Gasteiger partial charge in [0.25, 0.3) is 0 Å². The van der Waals surface area contributed by atoms with Gasteiger partial charge in [-0.3, -0.25) is 4.79 Å². The van der Waals surface area contributed by atoms with Gasteiger partial charge in [0, 0.05) is 23.5 Å². The molecule has 1 heterocycles. The molecule has 1 aromatic heterocycles. The summed E-state index contributed by atoms with van der Waals surface area (Å²) in [5, 5.41) is 9.74. The molecule has 5 rings (SSSR count). The molecule has 0 atom stereocenters. The Morgan fingerprint density at radius 2 is 1.11 bits per heavy atom. The van der Waals surface area contributed by atoms with Gasteiger partial charge in [0.05, 0.1) is 0 Å². The van der Waals surface area contributed by atoms with E-state index in [-0.39, 0.29) is 6.42 Å². The quantitative estimate of drug-likeness (QED) is 0.165. The number of carboxylic acids is 1. The standard InChI is InChI=1S/C12H13NO2.3C7H7.Sn/c14-12(15)7-3-4-9-8-13-11-6-2-1-5-10(9)11;3*1-7-5-3-2-4-6-7;/h1-2,5-6,8,13H,3-4,7H2,(H,14,15);3*2-6H,1H2;. The fraction of sp³-hybridized carbons (Fsp3) is 0.182. The van der Waals surface area contributed by atoms with Crippen LogP contribution in [0.2, 0.25) is 0 Å². The summed E-state index contributed by atoms with van der Waals surface area (Å²) in [5.41, 5.74) is 6.87. The van der Waals surface area contributed by atoms with Crippen LogP contribution in [-0.2, 0) is 24.5 Å². The molecule has 4 heteroatoms. The third-order valence-corrected chi connectivity index (χ3v) is 14.2. The van der Waals surface area contributed by atoms with E-state index < -0.39 is 25.7 Å². The van der Waals surface area contributed by atoms with Crippen molar-refractivity contribution < 1.29 is 9.90 Å². The number of rotatable bonds is 10. The maximum absolute atomic E-state index is 10.4. The summed E-state index contributed by atoms with van der Waals surface area (Å²) in [6.07, 6.45) is 3.71. The average molecular weight is 595 g/mol. The molecule has 0 amide bonds. The zero-order valence-corrected chi connectivity index (χ0v) is 24.0. The molecular formula is C33H34NO2Sn. The van der Waals surface area contributed by atoms with E-state index in [1.165, 1.54) is 41.0 Å². The van der Waals surface area contributed by atoms with Gasteiger partial charge < -0.3 is 10.1 Å². The zero-order valence-electron chi connectivity index (χ0n) is 21.1. The van der Waals surface area contributed by atoms with Gasteiger partial charge in [0.1, 0.15) is 0 Å². The minimum absolute atomic E-state index is 0.236. The Hall–Kier alpha value is -3.31. The predicted octanol–water partition coefficient (Wildman–Crippen LogP) is 7.40. The first kappa shape index (κ1) is 26.7. The number of carboxylic acid groups (broad SMARTS) is 1. The molecule has 37 heavy (non-hydrogen) atoms. The van der Waals surface area contributed by atoms with E-state index >= 15 is 0 Å². The van der Waals surface area contributed by atoms with E-state index in [1.54, 1.807) is 0 Å². The molecule has 5 aromatic rings. The number of fused-ring (bicyclic) bond motifs is 1. The van der Waals surface area contributed by atoms with Crippen molar-refractivity contribution in [3.63, 3.8) is 0 Å². The summed E-state index contributed by atoms with van der Waals surface area (Å²) in [5.74, 6) is -0.727. The Balaban J connectivity index is 0.000000186. The van der Waals surface area contributed by atoms with E-state index in [4.69, 9.17) is 5.11 Å². The normalized spacial score (nSPS) is 10.7. The second-order valence-corrected chi connectivity index (χ2v) is 16.7. The second kappa shape index (κ2) is 14.4. The fourth-order valence-electron chi connectivity index (χ4n) is 4.61. The van der Waals surface area contributed by atoms with Crippen molar-refractivity contribution in [2.75, 3.05) is 0 Å². The third-order valence-electron chi connectivity index (χ3n) is 6.40. The second-order valence-electron chi connectivity index (χ2n) is 9.34. The molecule has 3 nitrogen and oxygen atoms in total. The molecule has 0 saturated heterocycles. The summed E-state index contributed by atoms with van der Waals surface area (Å²) in [6, 6.07) is 41.1. The molecule has 0 saturated carbocycles. The number of aromatic amines is 1. The molecular weight excluding hydrogens is 561 g/mol. The van der Waals surface area contributed by atoms with Crippen LogP contribution in [0.5, 0.6) is 0 Å². The summed E-state index contributed by atoms with van der Waals surface area (Å²) in [6.45, 7) is 0.